The minimum atomic E-state index is -0.645. The van der Waals surface area contributed by atoms with E-state index in [-0.39, 0.29) is 36.8 Å². The van der Waals surface area contributed by atoms with E-state index < -0.39 is 6.04 Å². The van der Waals surface area contributed by atoms with Crippen LogP contribution in [0.3, 0.4) is 0 Å². The molecular weight excluding hydrogens is 419 g/mol. The van der Waals surface area contributed by atoms with Gasteiger partial charge >= 0.3 is 0 Å². The number of hydrogen-bond donors (Lipinski definition) is 1. The molecule has 1 saturated carbocycles. The van der Waals surface area contributed by atoms with Crippen LogP contribution in [0.1, 0.15) is 44.6 Å². The van der Waals surface area contributed by atoms with Gasteiger partial charge in [-0.25, -0.2) is 4.39 Å². The average Bonchev–Trinajstić information content (AvgIpc) is 3.27. The number of nitrogens with one attached hydrogen (secondary N) is 1. The van der Waals surface area contributed by atoms with Gasteiger partial charge in [0.25, 0.3) is 5.91 Å². The van der Waals surface area contributed by atoms with Crippen molar-refractivity contribution in [3.63, 3.8) is 0 Å². The Morgan fingerprint density at radius 3 is 2.48 bits per heavy atom. The minimum Gasteiger partial charge on any atom is -0.482 e. The molecule has 1 N–H and O–H groups in total. The van der Waals surface area contributed by atoms with Crippen LogP contribution in [-0.4, -0.2) is 35.4 Å². The number of para-hydroxylation sites is 1. The Bertz CT molecular complexity index is 885. The first-order chi connectivity index (χ1) is 15.0. The molecule has 0 aromatic heterocycles. The second-order valence-electron chi connectivity index (χ2n) is 7.78. The highest BCUT2D eigenvalue weighted by molar-refractivity contribution is 6.32. The lowest BCUT2D eigenvalue weighted by molar-refractivity contribution is -0.143. The SMILES string of the molecule is CC[C@H](C(=O)NC1CCCC1)N(Cc1ccc(F)cc1)C(=O)COc1ccccc1Cl. The summed E-state index contributed by atoms with van der Waals surface area (Å²) in [5.74, 6) is -0.447. The van der Waals surface area contributed by atoms with Gasteiger partial charge in [0, 0.05) is 12.6 Å². The van der Waals surface area contributed by atoms with E-state index in [0.29, 0.717) is 17.2 Å². The number of ether oxygens (including phenoxy) is 1. The predicted octanol–water partition coefficient (Wildman–Crippen LogP) is 4.72. The molecule has 5 nitrogen and oxygen atoms in total. The van der Waals surface area contributed by atoms with Crippen molar-refractivity contribution in [3.05, 3.63) is 64.9 Å². The molecule has 0 aliphatic heterocycles. The zero-order chi connectivity index (χ0) is 22.2. The summed E-state index contributed by atoms with van der Waals surface area (Å²) in [5, 5.41) is 3.50. The highest BCUT2D eigenvalue weighted by Crippen LogP contribution is 2.24. The van der Waals surface area contributed by atoms with Gasteiger partial charge < -0.3 is 15.0 Å². The maximum atomic E-state index is 13.3. The van der Waals surface area contributed by atoms with Crippen LogP contribution in [0.5, 0.6) is 5.75 Å². The number of rotatable bonds is 9. The molecule has 0 heterocycles. The molecule has 2 aromatic rings. The van der Waals surface area contributed by atoms with Crippen LogP contribution in [0.2, 0.25) is 5.02 Å². The van der Waals surface area contributed by atoms with Crippen molar-refractivity contribution in [2.45, 2.75) is 57.7 Å². The van der Waals surface area contributed by atoms with Gasteiger partial charge in [0.05, 0.1) is 5.02 Å². The van der Waals surface area contributed by atoms with Crippen molar-refractivity contribution in [2.75, 3.05) is 6.61 Å². The Morgan fingerprint density at radius 1 is 1.16 bits per heavy atom. The van der Waals surface area contributed by atoms with E-state index in [1.165, 1.54) is 17.0 Å². The van der Waals surface area contributed by atoms with E-state index in [0.717, 1.165) is 31.2 Å². The van der Waals surface area contributed by atoms with Crippen molar-refractivity contribution >= 4 is 23.4 Å². The first kappa shape index (κ1) is 23.1. The average molecular weight is 447 g/mol. The van der Waals surface area contributed by atoms with Crippen LogP contribution in [0.15, 0.2) is 48.5 Å². The van der Waals surface area contributed by atoms with Gasteiger partial charge in [-0.2, -0.15) is 0 Å². The lowest BCUT2D eigenvalue weighted by Crippen LogP contribution is -2.52. The molecule has 0 saturated heterocycles. The summed E-state index contributed by atoms with van der Waals surface area (Å²) < 4.78 is 19.0. The smallest absolute Gasteiger partial charge is 0.261 e. The number of benzene rings is 2. The summed E-state index contributed by atoms with van der Waals surface area (Å²) >= 11 is 6.12. The summed E-state index contributed by atoms with van der Waals surface area (Å²) in [4.78, 5) is 27.7. The molecule has 0 unspecified atom stereocenters. The summed E-state index contributed by atoms with van der Waals surface area (Å²) in [6.45, 7) is 1.80. The fraction of sp³-hybridized carbons (Fsp3) is 0.417. The molecule has 7 heteroatoms. The Balaban J connectivity index is 1.76. The first-order valence-corrected chi connectivity index (χ1v) is 11.1. The van der Waals surface area contributed by atoms with E-state index in [1.54, 1.807) is 36.4 Å². The van der Waals surface area contributed by atoms with E-state index in [2.05, 4.69) is 5.32 Å². The van der Waals surface area contributed by atoms with Crippen LogP contribution in [0.25, 0.3) is 0 Å². The van der Waals surface area contributed by atoms with Crippen LogP contribution < -0.4 is 10.1 Å². The number of carbonyl (C=O) groups excluding carboxylic acids is 2. The topological polar surface area (TPSA) is 58.6 Å². The van der Waals surface area contributed by atoms with E-state index in [1.807, 2.05) is 6.92 Å². The molecule has 0 bridgehead atoms. The van der Waals surface area contributed by atoms with Crippen molar-refractivity contribution in [2.24, 2.45) is 0 Å². The van der Waals surface area contributed by atoms with Crippen LogP contribution in [0, 0.1) is 5.82 Å². The lowest BCUT2D eigenvalue weighted by atomic mass is 10.1. The Kier molecular flexibility index (Phi) is 8.29. The maximum absolute atomic E-state index is 13.3. The van der Waals surface area contributed by atoms with E-state index in [4.69, 9.17) is 16.3 Å². The lowest BCUT2D eigenvalue weighted by Gasteiger charge is -2.31. The highest BCUT2D eigenvalue weighted by Gasteiger charge is 2.31. The third-order valence-electron chi connectivity index (χ3n) is 5.54. The number of amides is 2. The highest BCUT2D eigenvalue weighted by atomic mass is 35.5. The predicted molar refractivity (Wildman–Crippen MR) is 118 cm³/mol. The van der Waals surface area contributed by atoms with Crippen molar-refractivity contribution < 1.29 is 18.7 Å². The van der Waals surface area contributed by atoms with Crippen molar-refractivity contribution in [1.29, 1.82) is 0 Å². The Morgan fingerprint density at radius 2 is 1.84 bits per heavy atom. The third kappa shape index (κ3) is 6.44. The summed E-state index contributed by atoms with van der Waals surface area (Å²) in [5.41, 5.74) is 0.736. The normalized spacial score (nSPS) is 14.8. The summed E-state index contributed by atoms with van der Waals surface area (Å²) in [6.07, 6.45) is 4.59. The quantitative estimate of drug-likeness (QED) is 0.606. The molecule has 1 fully saturated rings. The van der Waals surface area contributed by atoms with Gasteiger partial charge in [0.15, 0.2) is 6.61 Å². The molecule has 1 aliphatic carbocycles. The molecule has 166 valence electrons. The number of nitrogens with zero attached hydrogens (tertiary/aromatic N) is 1. The Labute approximate surface area is 187 Å². The largest absolute Gasteiger partial charge is 0.482 e. The molecular formula is C24H28ClFN2O3. The molecule has 1 atom stereocenters. The number of halogens is 2. The van der Waals surface area contributed by atoms with E-state index >= 15 is 0 Å². The van der Waals surface area contributed by atoms with Gasteiger partial charge in [0.2, 0.25) is 5.91 Å². The first-order valence-electron chi connectivity index (χ1n) is 10.7. The molecule has 3 rings (SSSR count). The standard InChI is InChI=1S/C24H28ClFN2O3/c1-2-21(24(30)27-19-7-3-4-8-19)28(15-17-11-13-18(26)14-12-17)23(29)16-31-22-10-6-5-9-20(22)25/h5-6,9-14,19,21H,2-4,7-8,15-16H2,1H3,(H,27,30)/t21-/m1/s1. The molecule has 2 amide bonds. The van der Waals surface area contributed by atoms with Gasteiger partial charge in [-0.1, -0.05) is 55.6 Å². The molecule has 1 aliphatic rings. The maximum Gasteiger partial charge on any atom is 0.261 e. The molecule has 0 radical (unpaired) electrons. The van der Waals surface area contributed by atoms with Crippen LogP contribution in [0.4, 0.5) is 4.39 Å². The van der Waals surface area contributed by atoms with Crippen molar-refractivity contribution in [1.82, 2.24) is 10.2 Å². The summed E-state index contributed by atoms with van der Waals surface area (Å²) in [7, 11) is 0. The number of hydrogen-bond acceptors (Lipinski definition) is 3. The fourth-order valence-corrected chi connectivity index (χ4v) is 4.05. The summed E-state index contributed by atoms with van der Waals surface area (Å²) in [6, 6.07) is 12.3. The van der Waals surface area contributed by atoms with Crippen molar-refractivity contribution in [3.8, 4) is 5.75 Å². The zero-order valence-electron chi connectivity index (χ0n) is 17.7. The Hall–Kier alpha value is -2.60. The minimum absolute atomic E-state index is 0.156. The fourth-order valence-electron chi connectivity index (χ4n) is 3.86. The number of carbonyl (C=O) groups is 2. The molecule has 31 heavy (non-hydrogen) atoms. The van der Waals surface area contributed by atoms with Crippen LogP contribution >= 0.6 is 11.6 Å². The van der Waals surface area contributed by atoms with E-state index in [9.17, 15) is 14.0 Å². The van der Waals surface area contributed by atoms with Gasteiger partial charge in [-0.3, -0.25) is 9.59 Å². The second kappa shape index (κ2) is 11.1. The zero-order valence-corrected chi connectivity index (χ0v) is 18.4. The van der Waals surface area contributed by atoms with Gasteiger partial charge in [-0.15, -0.1) is 0 Å². The van der Waals surface area contributed by atoms with Crippen LogP contribution in [-0.2, 0) is 16.1 Å². The third-order valence-corrected chi connectivity index (χ3v) is 5.85. The van der Waals surface area contributed by atoms with Gasteiger partial charge in [-0.05, 0) is 49.1 Å². The second-order valence-corrected chi connectivity index (χ2v) is 8.19. The molecule has 2 aromatic carbocycles. The monoisotopic (exact) mass is 446 g/mol. The van der Waals surface area contributed by atoms with Gasteiger partial charge in [0.1, 0.15) is 17.6 Å². The molecule has 0 spiro atoms.